The van der Waals surface area contributed by atoms with Crippen LogP contribution in [0.3, 0.4) is 0 Å². The van der Waals surface area contributed by atoms with Gasteiger partial charge in [0.1, 0.15) is 0 Å². The van der Waals surface area contributed by atoms with Gasteiger partial charge in [-0.2, -0.15) is 0 Å². The van der Waals surface area contributed by atoms with E-state index in [0.29, 0.717) is 0 Å². The van der Waals surface area contributed by atoms with Gasteiger partial charge in [-0.15, -0.1) is 34.0 Å². The van der Waals surface area contributed by atoms with E-state index in [9.17, 15) is 0 Å². The van der Waals surface area contributed by atoms with Gasteiger partial charge in [0, 0.05) is 71.6 Å². The van der Waals surface area contributed by atoms with E-state index in [2.05, 4.69) is 168 Å². The molecule has 0 bridgehead atoms. The molecule has 51 heavy (non-hydrogen) atoms. The fraction of sp³-hybridized carbons (Fsp3) is 0.0667. The predicted octanol–water partition coefficient (Wildman–Crippen LogP) is 12.6. The average Bonchev–Trinajstić information content (AvgIpc) is 3.89. The minimum atomic E-state index is -0.0744. The lowest BCUT2D eigenvalue weighted by molar-refractivity contribution is 0.205. The molecule has 244 valence electrons. The van der Waals surface area contributed by atoms with Crippen LogP contribution in [0, 0.1) is 0 Å². The summed E-state index contributed by atoms with van der Waals surface area (Å²) < 4.78 is 7.98. The van der Waals surface area contributed by atoms with Crippen LogP contribution in [-0.2, 0) is 0 Å². The largest absolute Gasteiger partial charge is 0.279 e. The van der Waals surface area contributed by atoms with E-state index in [1.165, 1.54) is 88.3 Å². The zero-order chi connectivity index (χ0) is 33.5. The maximum absolute atomic E-state index is 4.02. The fourth-order valence-corrected chi connectivity index (χ4v) is 11.8. The first-order valence-electron chi connectivity index (χ1n) is 17.4. The molecule has 0 spiro atoms. The van der Waals surface area contributed by atoms with Crippen molar-refractivity contribution in [2.75, 3.05) is 0 Å². The summed E-state index contributed by atoms with van der Waals surface area (Å²) >= 11 is 5.69. The third kappa shape index (κ3) is 4.80. The summed E-state index contributed by atoms with van der Waals surface area (Å²) in [6.07, 6.45) is -0.170. The average molecular weight is 710 g/mol. The van der Waals surface area contributed by atoms with Gasteiger partial charge >= 0.3 is 0 Å². The van der Waals surface area contributed by atoms with Crippen LogP contribution in [-0.4, -0.2) is 0 Å². The molecular formula is C45H31N3S3. The molecule has 7 aromatic carbocycles. The highest BCUT2D eigenvalue weighted by Gasteiger charge is 2.32. The van der Waals surface area contributed by atoms with E-state index < -0.39 is 0 Å². The highest BCUT2D eigenvalue weighted by molar-refractivity contribution is 7.27. The molecule has 4 heterocycles. The highest BCUT2D eigenvalue weighted by Crippen LogP contribution is 2.45. The molecule has 3 aromatic heterocycles. The first kappa shape index (κ1) is 29.8. The summed E-state index contributed by atoms with van der Waals surface area (Å²) in [4.78, 5) is 0. The van der Waals surface area contributed by atoms with Crippen LogP contribution < -0.4 is 16.0 Å². The van der Waals surface area contributed by atoms with E-state index in [4.69, 9.17) is 0 Å². The second-order valence-electron chi connectivity index (χ2n) is 13.3. The van der Waals surface area contributed by atoms with Crippen molar-refractivity contribution >= 4 is 94.5 Å². The number of fused-ring (bicyclic) bond motifs is 9. The Labute approximate surface area is 306 Å². The fourth-order valence-electron chi connectivity index (χ4n) is 8.03. The maximum atomic E-state index is 4.02. The lowest BCUT2D eigenvalue weighted by Gasteiger charge is -2.40. The normalized spacial score (nSPS) is 18.2. The molecule has 0 radical (unpaired) electrons. The Morgan fingerprint density at radius 2 is 0.843 bits per heavy atom. The van der Waals surface area contributed by atoms with E-state index >= 15 is 0 Å². The molecule has 3 nitrogen and oxygen atoms in total. The quantitative estimate of drug-likeness (QED) is 0.170. The molecule has 3 atom stereocenters. The molecule has 3 unspecified atom stereocenters. The third-order valence-corrected chi connectivity index (χ3v) is 14.1. The van der Waals surface area contributed by atoms with Crippen LogP contribution in [0.5, 0.6) is 0 Å². The van der Waals surface area contributed by atoms with Gasteiger partial charge in [0.2, 0.25) is 0 Å². The van der Waals surface area contributed by atoms with Crippen LogP contribution in [0.1, 0.15) is 35.2 Å². The van der Waals surface area contributed by atoms with Crippen molar-refractivity contribution in [3.63, 3.8) is 0 Å². The number of rotatable bonds is 4. The first-order chi connectivity index (χ1) is 25.3. The van der Waals surface area contributed by atoms with Crippen molar-refractivity contribution in [1.29, 1.82) is 0 Å². The summed E-state index contributed by atoms with van der Waals surface area (Å²) in [5.74, 6) is 0. The van der Waals surface area contributed by atoms with E-state index in [1.807, 2.05) is 34.0 Å². The minimum Gasteiger partial charge on any atom is -0.279 e. The van der Waals surface area contributed by atoms with Gasteiger partial charge in [-0.3, -0.25) is 16.0 Å². The minimum absolute atomic E-state index is 0.0369. The molecular weight excluding hydrogens is 679 g/mol. The van der Waals surface area contributed by atoms with E-state index in [-0.39, 0.29) is 18.5 Å². The molecule has 0 amide bonds. The molecule has 3 N–H and O–H groups in total. The van der Waals surface area contributed by atoms with Crippen molar-refractivity contribution in [3.8, 4) is 11.1 Å². The number of nitrogens with one attached hydrogen (secondary N) is 3. The summed E-state index contributed by atoms with van der Waals surface area (Å²) in [5, 5.41) is 19.8. The summed E-state index contributed by atoms with van der Waals surface area (Å²) in [7, 11) is 0. The van der Waals surface area contributed by atoms with Crippen LogP contribution in [0.25, 0.3) is 71.6 Å². The zero-order valence-corrected chi connectivity index (χ0v) is 29.8. The number of thiophene rings is 3. The van der Waals surface area contributed by atoms with Crippen LogP contribution in [0.4, 0.5) is 0 Å². The summed E-state index contributed by atoms with van der Waals surface area (Å²) in [6, 6.07) is 55.6. The molecule has 1 fully saturated rings. The SMILES string of the molecule is c1ccc(C2NC(c3cccc4c3sc3ccccc34)NC(c3cccc4c3sc3cc(-c5cccc6c5sc5ccccc56)ccc34)N2)cc1. The van der Waals surface area contributed by atoms with Gasteiger partial charge in [-0.25, -0.2) is 0 Å². The number of hydrogen-bond donors (Lipinski definition) is 3. The Hall–Kier alpha value is -4.92. The molecule has 0 saturated carbocycles. The lowest BCUT2D eigenvalue weighted by Crippen LogP contribution is -2.54. The van der Waals surface area contributed by atoms with Gasteiger partial charge in [-0.1, -0.05) is 133 Å². The second kappa shape index (κ2) is 11.8. The standard InChI is InChI=1S/C45H31N3S3/c1-2-11-26(12-3-1)43-46-44(35-19-9-17-33-30-14-5-7-22-38(30)50-41(33)35)48-45(47-43)36-20-10-18-34-31-24-23-27(25-39(31)51-42(34)36)28-15-8-16-32-29-13-4-6-21-37(29)49-40(28)32/h1-25,43-48H. The van der Waals surface area contributed by atoms with Crippen molar-refractivity contribution in [2.24, 2.45) is 0 Å². The first-order valence-corrected chi connectivity index (χ1v) is 19.8. The van der Waals surface area contributed by atoms with E-state index in [0.717, 1.165) is 0 Å². The van der Waals surface area contributed by atoms with Crippen LogP contribution in [0.2, 0.25) is 0 Å². The molecule has 1 saturated heterocycles. The second-order valence-corrected chi connectivity index (χ2v) is 16.5. The van der Waals surface area contributed by atoms with Crippen molar-refractivity contribution in [3.05, 3.63) is 168 Å². The molecule has 10 aromatic rings. The predicted molar refractivity (Wildman–Crippen MR) is 221 cm³/mol. The smallest absolute Gasteiger partial charge is 0.0878 e. The Morgan fingerprint density at radius 1 is 0.353 bits per heavy atom. The molecule has 1 aliphatic heterocycles. The molecule has 0 aliphatic carbocycles. The molecule has 6 heteroatoms. The summed E-state index contributed by atoms with van der Waals surface area (Å²) in [5.41, 5.74) is 6.36. The van der Waals surface area contributed by atoms with Gasteiger partial charge < -0.3 is 0 Å². The highest BCUT2D eigenvalue weighted by atomic mass is 32.1. The topological polar surface area (TPSA) is 36.1 Å². The number of benzene rings is 7. The Bertz CT molecular complexity index is 2940. The van der Waals surface area contributed by atoms with Crippen molar-refractivity contribution in [1.82, 2.24) is 16.0 Å². The van der Waals surface area contributed by atoms with Gasteiger partial charge in [0.15, 0.2) is 0 Å². The van der Waals surface area contributed by atoms with Gasteiger partial charge in [-0.05, 0) is 34.9 Å². The van der Waals surface area contributed by atoms with Crippen molar-refractivity contribution in [2.45, 2.75) is 18.5 Å². The van der Waals surface area contributed by atoms with Crippen LogP contribution in [0.15, 0.2) is 152 Å². The molecule has 11 rings (SSSR count). The van der Waals surface area contributed by atoms with Crippen molar-refractivity contribution < 1.29 is 0 Å². The van der Waals surface area contributed by atoms with Crippen LogP contribution >= 0.6 is 34.0 Å². The molecule has 1 aliphatic rings. The third-order valence-electron chi connectivity index (χ3n) is 10.4. The maximum Gasteiger partial charge on any atom is 0.0878 e. The number of hydrogen-bond acceptors (Lipinski definition) is 6. The zero-order valence-electron chi connectivity index (χ0n) is 27.4. The van der Waals surface area contributed by atoms with Gasteiger partial charge in [0.25, 0.3) is 0 Å². The van der Waals surface area contributed by atoms with E-state index in [1.54, 1.807) is 0 Å². The Morgan fingerprint density at radius 3 is 1.51 bits per heavy atom. The lowest BCUT2D eigenvalue weighted by atomic mass is 10.00. The Balaban J connectivity index is 1.03. The van der Waals surface area contributed by atoms with Gasteiger partial charge in [0.05, 0.1) is 18.5 Å². The summed E-state index contributed by atoms with van der Waals surface area (Å²) in [6.45, 7) is 0. The monoisotopic (exact) mass is 709 g/mol. The Kier molecular flexibility index (Phi) is 6.90.